The number of rotatable bonds is 3. The number of nitrogens with one attached hydrogen (secondary N) is 1. The molecule has 76 valence electrons. The molecule has 0 aliphatic heterocycles. The number of hydrogen-bond donors (Lipinski definition) is 1. The second-order valence-electron chi connectivity index (χ2n) is 3.01. The summed E-state index contributed by atoms with van der Waals surface area (Å²) in [6.07, 6.45) is 2.25. The summed E-state index contributed by atoms with van der Waals surface area (Å²) in [6, 6.07) is 7.42. The van der Waals surface area contributed by atoms with Gasteiger partial charge in [0.2, 0.25) is 0 Å². The van der Waals surface area contributed by atoms with Gasteiger partial charge in [-0.15, -0.1) is 0 Å². The summed E-state index contributed by atoms with van der Waals surface area (Å²) in [6.45, 7) is 0. The fourth-order valence-electron chi connectivity index (χ4n) is 1.39. The number of carbonyl (C=O) groups excluding carboxylic acids is 1. The molecule has 1 N–H and O–H groups in total. The number of aromatic amines is 1. The smallest absolute Gasteiger partial charge is 0.168 e. The number of aldehydes is 1. The van der Waals surface area contributed by atoms with Crippen molar-refractivity contribution in [3.05, 3.63) is 36.3 Å². The maximum Gasteiger partial charge on any atom is 0.168 e. The summed E-state index contributed by atoms with van der Waals surface area (Å²) in [7, 11) is 1.60. The lowest BCUT2D eigenvalue weighted by molar-refractivity contribution is 0.112. The Morgan fingerprint density at radius 2 is 2.33 bits per heavy atom. The average Bonchev–Trinajstić information content (AvgIpc) is 2.77. The van der Waals surface area contributed by atoms with E-state index < -0.39 is 0 Å². The van der Waals surface area contributed by atoms with E-state index in [2.05, 4.69) is 9.97 Å². The van der Waals surface area contributed by atoms with Gasteiger partial charge in [-0.1, -0.05) is 12.1 Å². The van der Waals surface area contributed by atoms with Crippen molar-refractivity contribution < 1.29 is 9.53 Å². The van der Waals surface area contributed by atoms with E-state index in [1.807, 2.05) is 24.3 Å². The predicted octanol–water partition coefficient (Wildman–Crippen LogP) is 1.90. The summed E-state index contributed by atoms with van der Waals surface area (Å²) in [5.41, 5.74) is 1.98. The SMILES string of the molecule is COc1cccc(-c2nc[nH]c2C=O)c1. The third kappa shape index (κ3) is 1.74. The van der Waals surface area contributed by atoms with Crippen molar-refractivity contribution in [3.8, 4) is 17.0 Å². The van der Waals surface area contributed by atoms with E-state index in [-0.39, 0.29) is 0 Å². The van der Waals surface area contributed by atoms with E-state index in [9.17, 15) is 4.79 Å². The van der Waals surface area contributed by atoms with Gasteiger partial charge in [0, 0.05) is 5.56 Å². The van der Waals surface area contributed by atoms with E-state index in [1.54, 1.807) is 7.11 Å². The molecule has 0 bridgehead atoms. The largest absolute Gasteiger partial charge is 0.497 e. The fraction of sp³-hybridized carbons (Fsp3) is 0.0909. The van der Waals surface area contributed by atoms with Crippen molar-refractivity contribution in [3.63, 3.8) is 0 Å². The molecular formula is C11H10N2O2. The van der Waals surface area contributed by atoms with Gasteiger partial charge in [0.1, 0.15) is 11.4 Å². The zero-order chi connectivity index (χ0) is 10.7. The molecule has 0 aliphatic carbocycles. The molecule has 15 heavy (non-hydrogen) atoms. The van der Waals surface area contributed by atoms with E-state index in [0.717, 1.165) is 17.6 Å². The minimum atomic E-state index is 0.475. The number of aromatic nitrogens is 2. The molecule has 0 fully saturated rings. The number of H-pyrrole nitrogens is 1. The Morgan fingerprint density at radius 3 is 3.07 bits per heavy atom. The Balaban J connectivity index is 2.48. The van der Waals surface area contributed by atoms with Gasteiger partial charge in [-0.25, -0.2) is 4.98 Å². The maximum atomic E-state index is 10.7. The molecule has 0 aliphatic rings. The molecule has 0 amide bonds. The van der Waals surface area contributed by atoms with Gasteiger partial charge in [0.15, 0.2) is 6.29 Å². The van der Waals surface area contributed by atoms with Crippen molar-refractivity contribution in [1.82, 2.24) is 9.97 Å². The second-order valence-corrected chi connectivity index (χ2v) is 3.01. The molecule has 0 radical (unpaired) electrons. The van der Waals surface area contributed by atoms with Gasteiger partial charge in [-0.2, -0.15) is 0 Å². The van der Waals surface area contributed by atoms with Crippen LogP contribution in [0.15, 0.2) is 30.6 Å². The molecule has 4 nitrogen and oxygen atoms in total. The predicted molar refractivity (Wildman–Crippen MR) is 56.0 cm³/mol. The van der Waals surface area contributed by atoms with Crippen molar-refractivity contribution in [2.75, 3.05) is 7.11 Å². The highest BCUT2D eigenvalue weighted by Crippen LogP contribution is 2.23. The van der Waals surface area contributed by atoms with Crippen LogP contribution in [0.2, 0.25) is 0 Å². The lowest BCUT2D eigenvalue weighted by Crippen LogP contribution is -1.87. The third-order valence-electron chi connectivity index (χ3n) is 2.13. The van der Waals surface area contributed by atoms with Crippen LogP contribution in [0.25, 0.3) is 11.3 Å². The van der Waals surface area contributed by atoms with E-state index >= 15 is 0 Å². The Labute approximate surface area is 86.9 Å². The summed E-state index contributed by atoms with van der Waals surface area (Å²) in [5.74, 6) is 0.743. The van der Waals surface area contributed by atoms with Crippen LogP contribution in [0.4, 0.5) is 0 Å². The minimum absolute atomic E-state index is 0.475. The minimum Gasteiger partial charge on any atom is -0.497 e. The van der Waals surface area contributed by atoms with Gasteiger partial charge in [0.25, 0.3) is 0 Å². The molecule has 0 spiro atoms. The van der Waals surface area contributed by atoms with Crippen molar-refractivity contribution in [2.24, 2.45) is 0 Å². The standard InChI is InChI=1S/C11H10N2O2/c1-15-9-4-2-3-8(5-9)11-10(6-14)12-7-13-11/h2-7H,1H3,(H,12,13). The fourth-order valence-corrected chi connectivity index (χ4v) is 1.39. The summed E-state index contributed by atoms with van der Waals surface area (Å²) in [4.78, 5) is 17.6. The van der Waals surface area contributed by atoms with Gasteiger partial charge >= 0.3 is 0 Å². The van der Waals surface area contributed by atoms with Crippen molar-refractivity contribution >= 4 is 6.29 Å². The molecule has 1 aromatic carbocycles. The summed E-state index contributed by atoms with van der Waals surface area (Å²) < 4.78 is 5.10. The molecule has 0 saturated heterocycles. The van der Waals surface area contributed by atoms with Gasteiger partial charge in [-0.3, -0.25) is 4.79 Å². The topological polar surface area (TPSA) is 55.0 Å². The Bertz CT molecular complexity index is 477. The van der Waals surface area contributed by atoms with Gasteiger partial charge in [-0.05, 0) is 12.1 Å². The summed E-state index contributed by atoms with van der Waals surface area (Å²) in [5, 5.41) is 0. The normalized spacial score (nSPS) is 9.93. The average molecular weight is 202 g/mol. The number of imidazole rings is 1. The van der Waals surface area contributed by atoms with E-state index in [0.29, 0.717) is 11.4 Å². The maximum absolute atomic E-state index is 10.7. The van der Waals surface area contributed by atoms with E-state index in [1.165, 1.54) is 6.33 Å². The monoisotopic (exact) mass is 202 g/mol. The second kappa shape index (κ2) is 3.96. The Hall–Kier alpha value is -2.10. The number of carbonyl (C=O) groups is 1. The first-order chi connectivity index (χ1) is 7.35. The highest BCUT2D eigenvalue weighted by Gasteiger charge is 2.07. The molecule has 0 atom stereocenters. The lowest BCUT2D eigenvalue weighted by Gasteiger charge is -2.02. The van der Waals surface area contributed by atoms with Crippen LogP contribution < -0.4 is 4.74 Å². The molecule has 2 aromatic rings. The highest BCUT2D eigenvalue weighted by atomic mass is 16.5. The first kappa shape index (κ1) is 9.45. The number of benzene rings is 1. The lowest BCUT2D eigenvalue weighted by atomic mass is 10.1. The number of ether oxygens (including phenoxy) is 1. The first-order valence-electron chi connectivity index (χ1n) is 4.48. The first-order valence-corrected chi connectivity index (χ1v) is 4.48. The molecule has 1 heterocycles. The van der Waals surface area contributed by atoms with Crippen LogP contribution in [-0.2, 0) is 0 Å². The zero-order valence-corrected chi connectivity index (χ0v) is 8.23. The van der Waals surface area contributed by atoms with Crippen LogP contribution >= 0.6 is 0 Å². The molecule has 1 aromatic heterocycles. The molecular weight excluding hydrogens is 192 g/mol. The van der Waals surface area contributed by atoms with Crippen LogP contribution in [0, 0.1) is 0 Å². The number of hydrogen-bond acceptors (Lipinski definition) is 3. The van der Waals surface area contributed by atoms with Crippen molar-refractivity contribution in [1.29, 1.82) is 0 Å². The molecule has 2 rings (SSSR count). The summed E-state index contributed by atoms with van der Waals surface area (Å²) >= 11 is 0. The van der Waals surface area contributed by atoms with Gasteiger partial charge < -0.3 is 9.72 Å². The van der Waals surface area contributed by atoms with Crippen LogP contribution in [0.3, 0.4) is 0 Å². The highest BCUT2D eigenvalue weighted by molar-refractivity contribution is 5.83. The molecule has 4 heteroatoms. The van der Waals surface area contributed by atoms with Gasteiger partial charge in [0.05, 0.1) is 19.1 Å². The van der Waals surface area contributed by atoms with Crippen molar-refractivity contribution in [2.45, 2.75) is 0 Å². The zero-order valence-electron chi connectivity index (χ0n) is 8.23. The quantitative estimate of drug-likeness (QED) is 0.773. The molecule has 0 unspecified atom stereocenters. The van der Waals surface area contributed by atoms with E-state index in [4.69, 9.17) is 4.74 Å². The van der Waals surface area contributed by atoms with Crippen LogP contribution in [0.1, 0.15) is 10.5 Å². The van der Waals surface area contributed by atoms with Crippen LogP contribution in [0.5, 0.6) is 5.75 Å². The third-order valence-corrected chi connectivity index (χ3v) is 2.13. The number of methoxy groups -OCH3 is 1. The van der Waals surface area contributed by atoms with Crippen LogP contribution in [-0.4, -0.2) is 23.4 Å². The molecule has 0 saturated carbocycles. The Kier molecular flexibility index (Phi) is 2.49. The number of nitrogens with zero attached hydrogens (tertiary/aromatic N) is 1. The Morgan fingerprint density at radius 1 is 1.47 bits per heavy atom.